The first kappa shape index (κ1) is 12.8. The minimum atomic E-state index is 0.396. The van der Waals surface area contributed by atoms with Crippen LogP contribution in [0.3, 0.4) is 0 Å². The van der Waals surface area contributed by atoms with E-state index in [2.05, 4.69) is 18.2 Å². The zero-order chi connectivity index (χ0) is 13.1. The van der Waals surface area contributed by atoms with Crippen molar-refractivity contribution < 1.29 is 9.47 Å². The summed E-state index contributed by atoms with van der Waals surface area (Å²) >= 11 is 0. The second kappa shape index (κ2) is 5.85. The molecule has 0 spiro atoms. The molecule has 0 radical (unpaired) electrons. The Morgan fingerprint density at radius 3 is 2.26 bits per heavy atom. The fraction of sp³-hybridized carbons (Fsp3) is 0.647. The molecule has 0 atom stereocenters. The van der Waals surface area contributed by atoms with Crippen LogP contribution < -0.4 is 9.47 Å². The second-order valence-electron chi connectivity index (χ2n) is 5.92. The van der Waals surface area contributed by atoms with E-state index in [0.717, 1.165) is 17.4 Å². The number of methoxy groups -OCH3 is 1. The van der Waals surface area contributed by atoms with Crippen LogP contribution in [0, 0.1) is 0 Å². The lowest BCUT2D eigenvalue weighted by atomic mass is 9.97. The molecule has 2 saturated carbocycles. The van der Waals surface area contributed by atoms with E-state index >= 15 is 0 Å². The standard InChI is InChI=1S/C17H24O2/c1-18-16-11-10-14(13-6-2-3-7-13)12-17(16)19-15-8-4-5-9-15/h10-13,15H,2-9H2,1H3. The van der Waals surface area contributed by atoms with Crippen molar-refractivity contribution in [3.05, 3.63) is 23.8 Å². The summed E-state index contributed by atoms with van der Waals surface area (Å²) in [5, 5.41) is 0. The molecule has 0 aliphatic heterocycles. The molecule has 104 valence electrons. The molecule has 1 aromatic rings. The van der Waals surface area contributed by atoms with E-state index < -0.39 is 0 Å². The van der Waals surface area contributed by atoms with Crippen molar-refractivity contribution in [3.8, 4) is 11.5 Å². The summed E-state index contributed by atoms with van der Waals surface area (Å²) in [6.07, 6.45) is 10.8. The number of benzene rings is 1. The van der Waals surface area contributed by atoms with E-state index in [1.165, 1.54) is 56.9 Å². The van der Waals surface area contributed by atoms with Gasteiger partial charge in [0.2, 0.25) is 0 Å². The van der Waals surface area contributed by atoms with E-state index in [1.54, 1.807) is 7.11 Å². The van der Waals surface area contributed by atoms with Gasteiger partial charge in [-0.3, -0.25) is 0 Å². The van der Waals surface area contributed by atoms with Crippen molar-refractivity contribution in [2.24, 2.45) is 0 Å². The molecule has 0 unspecified atom stereocenters. The first-order chi connectivity index (χ1) is 9.36. The van der Waals surface area contributed by atoms with Crippen LogP contribution in [0.5, 0.6) is 11.5 Å². The summed E-state index contributed by atoms with van der Waals surface area (Å²) in [4.78, 5) is 0. The first-order valence-electron chi connectivity index (χ1n) is 7.71. The Kier molecular flexibility index (Phi) is 3.95. The van der Waals surface area contributed by atoms with E-state index in [4.69, 9.17) is 9.47 Å². The van der Waals surface area contributed by atoms with Crippen molar-refractivity contribution in [1.29, 1.82) is 0 Å². The van der Waals surface area contributed by atoms with Crippen LogP contribution in [0.1, 0.15) is 62.8 Å². The lowest BCUT2D eigenvalue weighted by Gasteiger charge is -2.18. The van der Waals surface area contributed by atoms with Crippen LogP contribution >= 0.6 is 0 Å². The molecule has 0 heterocycles. The van der Waals surface area contributed by atoms with Crippen LogP contribution in [0.15, 0.2) is 18.2 Å². The Bertz CT molecular complexity index is 415. The van der Waals surface area contributed by atoms with Crippen molar-refractivity contribution in [3.63, 3.8) is 0 Å². The average Bonchev–Trinajstić information content (AvgIpc) is 3.11. The molecule has 0 saturated heterocycles. The zero-order valence-corrected chi connectivity index (χ0v) is 11.9. The van der Waals surface area contributed by atoms with Crippen LogP contribution in [0.2, 0.25) is 0 Å². The Morgan fingerprint density at radius 2 is 1.58 bits per heavy atom. The molecule has 2 fully saturated rings. The number of hydrogen-bond donors (Lipinski definition) is 0. The SMILES string of the molecule is COc1ccc(C2CCCC2)cc1OC1CCCC1. The zero-order valence-electron chi connectivity index (χ0n) is 11.9. The molecule has 0 N–H and O–H groups in total. The number of hydrogen-bond acceptors (Lipinski definition) is 2. The summed E-state index contributed by atoms with van der Waals surface area (Å²) in [5.41, 5.74) is 1.44. The van der Waals surface area contributed by atoms with Gasteiger partial charge in [-0.05, 0) is 62.1 Å². The Morgan fingerprint density at radius 1 is 0.895 bits per heavy atom. The van der Waals surface area contributed by atoms with E-state index in [1.807, 2.05) is 0 Å². The van der Waals surface area contributed by atoms with Gasteiger partial charge in [0.05, 0.1) is 13.2 Å². The molecular weight excluding hydrogens is 236 g/mol. The third-order valence-electron chi connectivity index (χ3n) is 4.61. The summed E-state index contributed by atoms with van der Waals surface area (Å²) in [6.45, 7) is 0. The number of rotatable bonds is 4. The summed E-state index contributed by atoms with van der Waals surface area (Å²) in [7, 11) is 1.73. The van der Waals surface area contributed by atoms with Gasteiger partial charge in [-0.15, -0.1) is 0 Å². The summed E-state index contributed by atoms with van der Waals surface area (Å²) < 4.78 is 11.6. The molecule has 2 heteroatoms. The predicted octanol–water partition coefficient (Wildman–Crippen LogP) is 4.67. The minimum Gasteiger partial charge on any atom is -0.493 e. The quantitative estimate of drug-likeness (QED) is 0.783. The van der Waals surface area contributed by atoms with Gasteiger partial charge in [0, 0.05) is 0 Å². The minimum absolute atomic E-state index is 0.396. The van der Waals surface area contributed by atoms with Crippen molar-refractivity contribution in [2.45, 2.75) is 63.4 Å². The maximum atomic E-state index is 6.17. The second-order valence-corrected chi connectivity index (χ2v) is 5.92. The van der Waals surface area contributed by atoms with Gasteiger partial charge in [-0.2, -0.15) is 0 Å². The highest BCUT2D eigenvalue weighted by Gasteiger charge is 2.21. The highest BCUT2D eigenvalue weighted by molar-refractivity contribution is 5.44. The summed E-state index contributed by atoms with van der Waals surface area (Å²) in [6, 6.07) is 6.53. The largest absolute Gasteiger partial charge is 0.493 e. The van der Waals surface area contributed by atoms with Gasteiger partial charge in [-0.25, -0.2) is 0 Å². The van der Waals surface area contributed by atoms with Gasteiger partial charge in [-0.1, -0.05) is 18.9 Å². The lowest BCUT2D eigenvalue weighted by molar-refractivity contribution is 0.200. The molecule has 2 aliphatic carbocycles. The third-order valence-corrected chi connectivity index (χ3v) is 4.61. The first-order valence-corrected chi connectivity index (χ1v) is 7.71. The highest BCUT2D eigenvalue weighted by atomic mass is 16.5. The van der Waals surface area contributed by atoms with Crippen LogP contribution in [-0.2, 0) is 0 Å². The third kappa shape index (κ3) is 2.88. The van der Waals surface area contributed by atoms with Gasteiger partial charge >= 0.3 is 0 Å². The van der Waals surface area contributed by atoms with Gasteiger partial charge in [0.15, 0.2) is 11.5 Å². The summed E-state index contributed by atoms with van der Waals surface area (Å²) in [5.74, 6) is 2.57. The van der Waals surface area contributed by atoms with Crippen LogP contribution in [0.4, 0.5) is 0 Å². The maximum absolute atomic E-state index is 6.17. The number of ether oxygens (including phenoxy) is 2. The van der Waals surface area contributed by atoms with Crippen molar-refractivity contribution in [2.75, 3.05) is 7.11 Å². The Labute approximate surface area is 116 Å². The molecule has 0 aromatic heterocycles. The molecule has 3 rings (SSSR count). The Hall–Kier alpha value is -1.18. The van der Waals surface area contributed by atoms with Gasteiger partial charge < -0.3 is 9.47 Å². The fourth-order valence-corrected chi connectivity index (χ4v) is 3.48. The average molecular weight is 260 g/mol. The normalized spacial score (nSPS) is 20.9. The van der Waals surface area contributed by atoms with E-state index in [-0.39, 0.29) is 0 Å². The van der Waals surface area contributed by atoms with E-state index in [0.29, 0.717) is 6.10 Å². The monoisotopic (exact) mass is 260 g/mol. The lowest BCUT2D eigenvalue weighted by Crippen LogP contribution is -2.12. The predicted molar refractivity (Wildman–Crippen MR) is 77.1 cm³/mol. The topological polar surface area (TPSA) is 18.5 Å². The molecule has 1 aromatic carbocycles. The van der Waals surface area contributed by atoms with E-state index in [9.17, 15) is 0 Å². The molecule has 2 nitrogen and oxygen atoms in total. The molecular formula is C17H24O2. The van der Waals surface area contributed by atoms with Crippen molar-refractivity contribution >= 4 is 0 Å². The van der Waals surface area contributed by atoms with Crippen LogP contribution in [-0.4, -0.2) is 13.2 Å². The van der Waals surface area contributed by atoms with Crippen LogP contribution in [0.25, 0.3) is 0 Å². The molecule has 0 amide bonds. The smallest absolute Gasteiger partial charge is 0.161 e. The highest BCUT2D eigenvalue weighted by Crippen LogP contribution is 2.39. The molecule has 19 heavy (non-hydrogen) atoms. The van der Waals surface area contributed by atoms with Crippen molar-refractivity contribution in [1.82, 2.24) is 0 Å². The fourth-order valence-electron chi connectivity index (χ4n) is 3.48. The van der Waals surface area contributed by atoms with Gasteiger partial charge in [0.25, 0.3) is 0 Å². The maximum Gasteiger partial charge on any atom is 0.161 e. The molecule has 2 aliphatic rings. The molecule has 0 bridgehead atoms. The van der Waals surface area contributed by atoms with Gasteiger partial charge in [0.1, 0.15) is 0 Å². The Balaban J connectivity index is 1.79.